The van der Waals surface area contributed by atoms with Crippen molar-refractivity contribution >= 4 is 28.4 Å². The summed E-state index contributed by atoms with van der Waals surface area (Å²) in [5, 5.41) is 8.26. The molecule has 1 aromatic carbocycles. The maximum Gasteiger partial charge on any atom is 0.274 e. The lowest BCUT2D eigenvalue weighted by molar-refractivity contribution is 0.0936. The highest BCUT2D eigenvalue weighted by Crippen LogP contribution is 2.18. The molecule has 1 fully saturated rings. The second-order valence-electron chi connectivity index (χ2n) is 4.86. The van der Waals surface area contributed by atoms with Crippen molar-refractivity contribution < 1.29 is 4.79 Å². The Balaban J connectivity index is 2.04. The van der Waals surface area contributed by atoms with E-state index in [9.17, 15) is 9.59 Å². The first-order valence-electron chi connectivity index (χ1n) is 6.51. The van der Waals surface area contributed by atoms with Crippen LogP contribution in [-0.2, 0) is 7.05 Å². The molecule has 2 aromatic rings. The van der Waals surface area contributed by atoms with Crippen molar-refractivity contribution in [2.24, 2.45) is 7.05 Å². The average molecular weight is 289 g/mol. The van der Waals surface area contributed by atoms with E-state index in [-0.39, 0.29) is 17.5 Å². The van der Waals surface area contributed by atoms with Crippen molar-refractivity contribution in [2.45, 2.75) is 12.5 Å². The standard InChI is InChI=1S/C14H15N3O2S/c1-17-14(19)11-5-3-2-4-10(11)12(16-17)13(18)15-9-6-7-20-8-9/h2-5,9H,6-8H2,1H3,(H,15,18). The summed E-state index contributed by atoms with van der Waals surface area (Å²) in [4.78, 5) is 24.4. The summed E-state index contributed by atoms with van der Waals surface area (Å²) < 4.78 is 1.22. The Morgan fingerprint density at radius 2 is 2.15 bits per heavy atom. The zero-order chi connectivity index (χ0) is 14.1. The number of carbonyl (C=O) groups is 1. The summed E-state index contributed by atoms with van der Waals surface area (Å²) >= 11 is 1.84. The van der Waals surface area contributed by atoms with Crippen LogP contribution < -0.4 is 10.9 Å². The van der Waals surface area contributed by atoms with Gasteiger partial charge >= 0.3 is 0 Å². The number of carbonyl (C=O) groups excluding carboxylic acids is 1. The number of hydrogen-bond donors (Lipinski definition) is 1. The molecule has 1 aliphatic rings. The average Bonchev–Trinajstić information content (AvgIpc) is 2.95. The smallest absolute Gasteiger partial charge is 0.274 e. The molecule has 20 heavy (non-hydrogen) atoms. The Hall–Kier alpha value is -1.82. The maximum absolute atomic E-state index is 12.4. The predicted octanol–water partition coefficient (Wildman–Crippen LogP) is 1.17. The van der Waals surface area contributed by atoms with Crippen LogP contribution in [0.3, 0.4) is 0 Å². The SMILES string of the molecule is Cn1nc(C(=O)NC2CCSC2)c2ccccc2c1=O. The number of benzene rings is 1. The second kappa shape index (κ2) is 5.28. The molecule has 6 heteroatoms. The van der Waals surface area contributed by atoms with Crippen LogP contribution in [0, 0.1) is 0 Å². The van der Waals surface area contributed by atoms with Crippen LogP contribution >= 0.6 is 11.8 Å². The number of fused-ring (bicyclic) bond motifs is 1. The van der Waals surface area contributed by atoms with Gasteiger partial charge in [0.2, 0.25) is 0 Å². The summed E-state index contributed by atoms with van der Waals surface area (Å²) in [6.45, 7) is 0. The van der Waals surface area contributed by atoms with Crippen LogP contribution in [0.25, 0.3) is 10.8 Å². The molecule has 2 heterocycles. The minimum Gasteiger partial charge on any atom is -0.347 e. The van der Waals surface area contributed by atoms with Gasteiger partial charge in [-0.2, -0.15) is 16.9 Å². The van der Waals surface area contributed by atoms with E-state index in [0.29, 0.717) is 16.5 Å². The number of nitrogens with one attached hydrogen (secondary N) is 1. The molecule has 1 N–H and O–H groups in total. The van der Waals surface area contributed by atoms with Crippen molar-refractivity contribution in [3.05, 3.63) is 40.3 Å². The third kappa shape index (κ3) is 2.31. The molecule has 5 nitrogen and oxygen atoms in total. The van der Waals surface area contributed by atoms with Crippen LogP contribution in [0.15, 0.2) is 29.1 Å². The normalized spacial score (nSPS) is 18.4. The molecular formula is C14H15N3O2S. The topological polar surface area (TPSA) is 64.0 Å². The highest BCUT2D eigenvalue weighted by molar-refractivity contribution is 7.99. The van der Waals surface area contributed by atoms with E-state index < -0.39 is 0 Å². The monoisotopic (exact) mass is 289 g/mol. The summed E-state index contributed by atoms with van der Waals surface area (Å²) in [7, 11) is 1.57. The Kier molecular flexibility index (Phi) is 3.48. The van der Waals surface area contributed by atoms with Crippen molar-refractivity contribution in [1.82, 2.24) is 15.1 Å². The highest BCUT2D eigenvalue weighted by Gasteiger charge is 2.21. The molecule has 0 spiro atoms. The largest absolute Gasteiger partial charge is 0.347 e. The van der Waals surface area contributed by atoms with Crippen molar-refractivity contribution in [2.75, 3.05) is 11.5 Å². The molecular weight excluding hydrogens is 274 g/mol. The van der Waals surface area contributed by atoms with E-state index in [0.717, 1.165) is 17.9 Å². The number of aryl methyl sites for hydroxylation is 1. The Bertz CT molecular complexity index is 720. The molecule has 1 amide bonds. The first kappa shape index (κ1) is 13.2. The van der Waals surface area contributed by atoms with Crippen LogP contribution in [0.1, 0.15) is 16.9 Å². The molecule has 1 unspecified atom stereocenters. The molecule has 104 valence electrons. The van der Waals surface area contributed by atoms with Gasteiger partial charge in [0, 0.05) is 24.2 Å². The molecule has 0 aliphatic carbocycles. The Morgan fingerprint density at radius 3 is 2.85 bits per heavy atom. The number of amides is 1. The van der Waals surface area contributed by atoms with Crippen LogP contribution in [0.4, 0.5) is 0 Å². The lowest BCUT2D eigenvalue weighted by Gasteiger charge is -2.12. The highest BCUT2D eigenvalue weighted by atomic mass is 32.2. The molecule has 0 bridgehead atoms. The van der Waals surface area contributed by atoms with E-state index in [1.807, 2.05) is 17.8 Å². The zero-order valence-electron chi connectivity index (χ0n) is 11.1. The van der Waals surface area contributed by atoms with Crippen molar-refractivity contribution in [3.8, 4) is 0 Å². The van der Waals surface area contributed by atoms with E-state index >= 15 is 0 Å². The molecule has 3 rings (SSSR count). The number of nitrogens with zero attached hydrogens (tertiary/aromatic N) is 2. The van der Waals surface area contributed by atoms with Crippen LogP contribution in [0.5, 0.6) is 0 Å². The fourth-order valence-electron chi connectivity index (χ4n) is 2.37. The van der Waals surface area contributed by atoms with Gasteiger partial charge in [-0.15, -0.1) is 0 Å². The van der Waals surface area contributed by atoms with Gasteiger partial charge in [0.15, 0.2) is 5.69 Å². The van der Waals surface area contributed by atoms with Crippen molar-refractivity contribution in [1.29, 1.82) is 0 Å². The minimum absolute atomic E-state index is 0.187. The maximum atomic E-state index is 12.4. The number of rotatable bonds is 2. The molecule has 1 atom stereocenters. The number of hydrogen-bond acceptors (Lipinski definition) is 4. The molecule has 0 saturated carbocycles. The van der Waals surface area contributed by atoms with Gasteiger partial charge in [0.05, 0.1) is 5.39 Å². The third-order valence-corrected chi connectivity index (χ3v) is 4.60. The first-order chi connectivity index (χ1) is 9.66. The molecule has 1 saturated heterocycles. The van der Waals surface area contributed by atoms with E-state index in [4.69, 9.17) is 0 Å². The second-order valence-corrected chi connectivity index (χ2v) is 6.01. The zero-order valence-corrected chi connectivity index (χ0v) is 11.9. The van der Waals surface area contributed by atoms with Gasteiger partial charge < -0.3 is 5.32 Å². The van der Waals surface area contributed by atoms with Gasteiger partial charge in [-0.25, -0.2) is 4.68 Å². The summed E-state index contributed by atoms with van der Waals surface area (Å²) in [5.74, 6) is 1.81. The number of thioether (sulfide) groups is 1. The first-order valence-corrected chi connectivity index (χ1v) is 7.67. The van der Waals surface area contributed by atoms with Gasteiger partial charge in [-0.1, -0.05) is 18.2 Å². The quantitative estimate of drug-likeness (QED) is 0.901. The Labute approximate surface area is 120 Å². The van der Waals surface area contributed by atoms with Crippen LogP contribution in [-0.4, -0.2) is 33.2 Å². The molecule has 1 aliphatic heterocycles. The summed E-state index contributed by atoms with van der Waals surface area (Å²) in [6.07, 6.45) is 0.986. The van der Waals surface area contributed by atoms with Gasteiger partial charge in [-0.3, -0.25) is 9.59 Å². The number of aromatic nitrogens is 2. The lowest BCUT2D eigenvalue weighted by atomic mass is 10.1. The third-order valence-electron chi connectivity index (χ3n) is 3.44. The van der Waals surface area contributed by atoms with Crippen molar-refractivity contribution in [3.63, 3.8) is 0 Å². The summed E-state index contributed by atoms with van der Waals surface area (Å²) in [5.41, 5.74) is 0.133. The van der Waals surface area contributed by atoms with Gasteiger partial charge in [0.25, 0.3) is 11.5 Å². The van der Waals surface area contributed by atoms with E-state index in [2.05, 4.69) is 10.4 Å². The minimum atomic E-state index is -0.204. The fourth-order valence-corrected chi connectivity index (χ4v) is 3.52. The van der Waals surface area contributed by atoms with Crippen LogP contribution in [0.2, 0.25) is 0 Å². The van der Waals surface area contributed by atoms with E-state index in [1.165, 1.54) is 4.68 Å². The molecule has 1 aromatic heterocycles. The molecule has 0 radical (unpaired) electrons. The fraction of sp³-hybridized carbons (Fsp3) is 0.357. The predicted molar refractivity (Wildman–Crippen MR) is 80.2 cm³/mol. The van der Waals surface area contributed by atoms with Gasteiger partial charge in [0.1, 0.15) is 0 Å². The lowest BCUT2D eigenvalue weighted by Crippen LogP contribution is -2.36. The Morgan fingerprint density at radius 1 is 1.40 bits per heavy atom. The van der Waals surface area contributed by atoms with Gasteiger partial charge in [-0.05, 0) is 18.2 Å². The summed E-state index contributed by atoms with van der Waals surface area (Å²) in [6, 6.07) is 7.29. The van der Waals surface area contributed by atoms with E-state index in [1.54, 1.807) is 25.2 Å².